The van der Waals surface area contributed by atoms with Crippen molar-refractivity contribution < 1.29 is 31.8 Å². The minimum atomic E-state index is -4.17. The number of nitrogens with zero attached hydrogens (tertiary/aromatic N) is 1. The van der Waals surface area contributed by atoms with Crippen LogP contribution in [0.4, 0.5) is 22.4 Å². The van der Waals surface area contributed by atoms with Gasteiger partial charge in [-0.1, -0.05) is 0 Å². The van der Waals surface area contributed by atoms with E-state index in [9.17, 15) is 22.4 Å². The third-order valence-corrected chi connectivity index (χ3v) is 6.57. The van der Waals surface area contributed by atoms with Crippen LogP contribution in [-0.4, -0.2) is 42.2 Å². The summed E-state index contributed by atoms with van der Waals surface area (Å²) in [6.45, 7) is 7.89. The Morgan fingerprint density at radius 3 is 2.64 bits per heavy atom. The van der Waals surface area contributed by atoms with Crippen LogP contribution in [0.3, 0.4) is 0 Å². The van der Waals surface area contributed by atoms with Gasteiger partial charge < -0.3 is 14.4 Å². The molecule has 0 radical (unpaired) electrons. The van der Waals surface area contributed by atoms with Crippen molar-refractivity contribution in [3.05, 3.63) is 21.4 Å². The Morgan fingerprint density at radius 2 is 2.07 bits per heavy atom. The molecule has 2 atom stereocenters. The molecule has 1 amide bonds. The van der Waals surface area contributed by atoms with E-state index in [4.69, 9.17) is 9.47 Å². The molecule has 1 aromatic rings. The third kappa shape index (κ3) is 3.87. The molecule has 0 aliphatic carbocycles. The van der Waals surface area contributed by atoms with Crippen LogP contribution in [0.2, 0.25) is 0 Å². The highest BCUT2D eigenvalue weighted by Gasteiger charge is 2.50. The van der Waals surface area contributed by atoms with Crippen molar-refractivity contribution in [3.63, 3.8) is 0 Å². The van der Waals surface area contributed by atoms with Crippen molar-refractivity contribution in [2.75, 3.05) is 13.2 Å². The van der Waals surface area contributed by atoms with E-state index in [1.807, 2.05) is 6.92 Å². The maximum Gasteiger partial charge on any atom is 0.410 e. The monoisotopic (exact) mass is 423 g/mol. The number of carbonyl (C=O) groups is 1. The lowest BCUT2D eigenvalue weighted by Crippen LogP contribution is -2.53. The quantitative estimate of drug-likeness (QED) is 0.607. The molecule has 2 aliphatic heterocycles. The molecule has 158 valence electrons. The van der Waals surface area contributed by atoms with Crippen LogP contribution < -0.4 is 0 Å². The summed E-state index contributed by atoms with van der Waals surface area (Å²) in [4.78, 5) is 14.0. The zero-order valence-electron chi connectivity index (χ0n) is 16.4. The van der Waals surface area contributed by atoms with Crippen molar-refractivity contribution in [1.29, 1.82) is 0 Å². The molecule has 9 heteroatoms. The summed E-state index contributed by atoms with van der Waals surface area (Å²) >= 11 is 0.708. The molecule has 1 aromatic heterocycles. The van der Waals surface area contributed by atoms with Gasteiger partial charge in [0.2, 0.25) is 0 Å². The van der Waals surface area contributed by atoms with Crippen molar-refractivity contribution in [2.45, 2.75) is 76.5 Å². The van der Waals surface area contributed by atoms with E-state index in [1.54, 1.807) is 25.7 Å². The van der Waals surface area contributed by atoms with Gasteiger partial charge >= 0.3 is 18.4 Å². The van der Waals surface area contributed by atoms with E-state index < -0.39 is 34.5 Å². The summed E-state index contributed by atoms with van der Waals surface area (Å²) in [5.74, 6) is -4.17. The zero-order valence-corrected chi connectivity index (χ0v) is 17.2. The first kappa shape index (κ1) is 21.4. The average molecular weight is 423 g/mol. The fourth-order valence-corrected chi connectivity index (χ4v) is 5.20. The summed E-state index contributed by atoms with van der Waals surface area (Å²) in [6, 6.07) is 0.956. The van der Waals surface area contributed by atoms with Crippen molar-refractivity contribution in [1.82, 2.24) is 4.90 Å². The molecule has 4 nitrogen and oxygen atoms in total. The number of piperidine rings is 1. The second-order valence-electron chi connectivity index (χ2n) is 8.46. The number of likely N-dealkylation sites (tertiary alicyclic amines) is 1. The predicted octanol–water partition coefficient (Wildman–Crippen LogP) is 5.29. The van der Waals surface area contributed by atoms with Gasteiger partial charge in [-0.15, -0.1) is 11.3 Å². The molecule has 28 heavy (non-hydrogen) atoms. The van der Waals surface area contributed by atoms with Crippen molar-refractivity contribution in [3.8, 4) is 0 Å². The van der Waals surface area contributed by atoms with Crippen LogP contribution in [0, 0.1) is 0 Å². The predicted molar refractivity (Wildman–Crippen MR) is 97.2 cm³/mol. The molecule has 2 aliphatic rings. The van der Waals surface area contributed by atoms with E-state index in [0.29, 0.717) is 54.2 Å². The Morgan fingerprint density at radius 1 is 1.39 bits per heavy atom. The van der Waals surface area contributed by atoms with Crippen molar-refractivity contribution in [2.24, 2.45) is 0 Å². The van der Waals surface area contributed by atoms with E-state index >= 15 is 0 Å². The van der Waals surface area contributed by atoms with E-state index in [2.05, 4.69) is 0 Å². The summed E-state index contributed by atoms with van der Waals surface area (Å²) in [6.07, 6.45) is -2.96. The Balaban J connectivity index is 1.85. The van der Waals surface area contributed by atoms with Crippen LogP contribution in [-0.2, 0) is 27.4 Å². The Hall–Kier alpha value is -1.35. The molecule has 1 spiro atoms. The van der Waals surface area contributed by atoms with E-state index in [1.165, 1.54) is 6.07 Å². The lowest BCUT2D eigenvalue weighted by Gasteiger charge is -2.46. The van der Waals surface area contributed by atoms with Gasteiger partial charge in [0, 0.05) is 23.9 Å². The van der Waals surface area contributed by atoms with Gasteiger partial charge in [-0.05, 0) is 52.2 Å². The number of halogens is 4. The highest BCUT2D eigenvalue weighted by molar-refractivity contribution is 7.12. The average Bonchev–Trinajstić information content (AvgIpc) is 2.99. The number of carbonyl (C=O) groups excluding carboxylic acids is 1. The largest absolute Gasteiger partial charge is 0.444 e. The summed E-state index contributed by atoms with van der Waals surface area (Å²) in [5, 5.41) is 0. The lowest BCUT2D eigenvalue weighted by molar-refractivity contribution is -0.132. The number of hydrogen-bond donors (Lipinski definition) is 0. The van der Waals surface area contributed by atoms with E-state index in [-0.39, 0.29) is 6.04 Å². The Kier molecular flexibility index (Phi) is 5.46. The second kappa shape index (κ2) is 7.16. The van der Waals surface area contributed by atoms with Crippen LogP contribution in [0.25, 0.3) is 0 Å². The first-order valence-corrected chi connectivity index (χ1v) is 10.1. The first-order valence-electron chi connectivity index (χ1n) is 9.29. The molecule has 3 rings (SSSR count). The van der Waals surface area contributed by atoms with E-state index in [0.717, 1.165) is 0 Å². The lowest BCUT2D eigenvalue weighted by atomic mass is 9.82. The zero-order chi connectivity index (χ0) is 20.9. The molecule has 1 saturated heterocycles. The van der Waals surface area contributed by atoms with Crippen LogP contribution in [0.15, 0.2) is 6.07 Å². The topological polar surface area (TPSA) is 38.8 Å². The number of rotatable bonds is 2. The Labute approximate surface area is 165 Å². The van der Waals surface area contributed by atoms with Gasteiger partial charge in [0.1, 0.15) is 11.2 Å². The summed E-state index contributed by atoms with van der Waals surface area (Å²) in [7, 11) is 0. The summed E-state index contributed by atoms with van der Waals surface area (Å²) in [5.41, 5.74) is -0.805. The van der Waals surface area contributed by atoms with Gasteiger partial charge in [-0.25, -0.2) is 13.6 Å². The molecule has 0 saturated carbocycles. The number of ether oxygens (including phenoxy) is 2. The van der Waals surface area contributed by atoms with Crippen LogP contribution in [0.5, 0.6) is 0 Å². The SMILES string of the molecule is C[C@H]1C[C@@]2(CCN1C(=O)OC(C)(C)C)OCCc1cc(C(F)(F)C(F)F)sc12. The highest BCUT2D eigenvalue weighted by Crippen LogP contribution is 2.50. The van der Waals surface area contributed by atoms with Gasteiger partial charge in [-0.3, -0.25) is 0 Å². The third-order valence-electron chi connectivity index (χ3n) is 5.12. The molecular weight excluding hydrogens is 398 g/mol. The first-order chi connectivity index (χ1) is 12.9. The number of amides is 1. The van der Waals surface area contributed by atoms with Gasteiger partial charge in [0.05, 0.1) is 11.5 Å². The van der Waals surface area contributed by atoms with Gasteiger partial charge in [0.25, 0.3) is 0 Å². The molecular formula is C19H25F4NO3S. The molecule has 1 fully saturated rings. The fourth-order valence-electron chi connectivity index (χ4n) is 3.83. The fraction of sp³-hybridized carbons (Fsp3) is 0.737. The molecule has 0 bridgehead atoms. The highest BCUT2D eigenvalue weighted by atomic mass is 32.1. The molecule has 3 heterocycles. The second-order valence-corrected chi connectivity index (χ2v) is 9.51. The van der Waals surface area contributed by atoms with Gasteiger partial charge in [-0.2, -0.15) is 8.78 Å². The maximum absolute atomic E-state index is 13.9. The molecule has 0 aromatic carbocycles. The minimum Gasteiger partial charge on any atom is -0.444 e. The minimum absolute atomic E-state index is 0.240. The number of thiophene rings is 1. The molecule has 0 N–H and O–H groups in total. The number of hydrogen-bond acceptors (Lipinski definition) is 4. The Bertz CT molecular complexity index is 746. The summed E-state index contributed by atoms with van der Waals surface area (Å²) < 4.78 is 64.8. The maximum atomic E-state index is 13.9. The smallest absolute Gasteiger partial charge is 0.410 e. The van der Waals surface area contributed by atoms with Gasteiger partial charge in [0.15, 0.2) is 0 Å². The normalized spacial score (nSPS) is 25.9. The van der Waals surface area contributed by atoms with Crippen LogP contribution >= 0.6 is 11.3 Å². The standard InChI is InChI=1S/C19H25F4NO3S/c1-11-10-18(6-7-24(11)16(25)27-17(2,3)4)14-12(5-8-26-18)9-13(28-14)19(22,23)15(20)21/h9,11,15H,5-8,10H2,1-4H3/t11-,18+/m0/s1. The molecule has 0 unspecified atom stereocenters. The van der Waals surface area contributed by atoms with Crippen LogP contribution in [0.1, 0.15) is 55.9 Å². The number of alkyl halides is 4. The van der Waals surface area contributed by atoms with Crippen molar-refractivity contribution >= 4 is 17.4 Å². The number of fused-ring (bicyclic) bond motifs is 2.